The van der Waals surface area contributed by atoms with E-state index in [9.17, 15) is 18.4 Å². The molecule has 79 heavy (non-hydrogen) atoms. The number of carboxylic acids is 1. The molecule has 6 aromatic heterocycles. The van der Waals surface area contributed by atoms with E-state index in [1.165, 1.54) is 12.1 Å². The maximum atomic E-state index is 13.9. The molecule has 0 aliphatic carbocycles. The molecule has 4 aliphatic rings. The van der Waals surface area contributed by atoms with E-state index >= 15 is 0 Å². The first-order chi connectivity index (χ1) is 38.3. The number of halogens is 3. The minimum absolute atomic E-state index is 0.0637. The van der Waals surface area contributed by atoms with Crippen LogP contribution in [0.5, 0.6) is 0 Å². The number of nitrogens with one attached hydrogen (secondary N) is 1. The predicted octanol–water partition coefficient (Wildman–Crippen LogP) is 8.88. The molecule has 2 N–H and O–H groups in total. The second-order valence-electron chi connectivity index (χ2n) is 20.9. The largest absolute Gasteiger partial charge is 0.480 e. The number of carbonyl (C=O) groups is 2. The maximum Gasteiger partial charge on any atom is 0.317 e. The summed E-state index contributed by atoms with van der Waals surface area (Å²) in [5.41, 5.74) is 6.39. The molecule has 0 unspecified atom stereocenters. The van der Waals surface area contributed by atoms with Gasteiger partial charge >= 0.3 is 11.9 Å². The molecule has 2 aromatic carbocycles. The topological polar surface area (TPSA) is 178 Å². The minimum atomic E-state index is -0.802. The number of rotatable bonds is 11. The van der Waals surface area contributed by atoms with E-state index in [0.29, 0.717) is 13.1 Å². The van der Waals surface area contributed by atoms with Gasteiger partial charge in [0.2, 0.25) is 0 Å². The zero-order valence-electron chi connectivity index (χ0n) is 44.6. The number of anilines is 4. The van der Waals surface area contributed by atoms with E-state index in [1.807, 2.05) is 108 Å². The summed E-state index contributed by atoms with van der Waals surface area (Å²) in [6.07, 6.45) is 7.62. The van der Waals surface area contributed by atoms with Gasteiger partial charge < -0.3 is 34.8 Å². The van der Waals surface area contributed by atoms with Gasteiger partial charge in [0, 0.05) is 65.4 Å². The van der Waals surface area contributed by atoms with Gasteiger partial charge in [-0.05, 0) is 130 Å². The van der Waals surface area contributed by atoms with Crippen molar-refractivity contribution in [2.24, 2.45) is 0 Å². The van der Waals surface area contributed by atoms with Gasteiger partial charge in [-0.3, -0.25) is 14.5 Å². The molecule has 0 spiro atoms. The molecule has 4 fully saturated rings. The Kier molecular flexibility index (Phi) is 17.0. The van der Waals surface area contributed by atoms with Crippen LogP contribution in [0, 0.1) is 11.6 Å². The summed E-state index contributed by atoms with van der Waals surface area (Å²) in [5, 5.41) is 22.6. The highest BCUT2D eigenvalue weighted by Crippen LogP contribution is 2.38. The normalized spacial score (nSPS) is 17.8. The number of benzene rings is 2. The number of fused-ring (bicyclic) bond motifs is 2. The van der Waals surface area contributed by atoms with Crippen molar-refractivity contribution < 1.29 is 28.2 Å². The van der Waals surface area contributed by atoms with E-state index in [4.69, 9.17) is 30.0 Å². The molecule has 4 aliphatic heterocycles. The van der Waals surface area contributed by atoms with Crippen LogP contribution in [0.2, 0.25) is 0 Å². The summed E-state index contributed by atoms with van der Waals surface area (Å²) < 4.78 is 36.4. The molecule has 8 aromatic rings. The summed E-state index contributed by atoms with van der Waals surface area (Å²) >= 11 is 2.99. The molecule has 4 saturated heterocycles. The number of aromatic nitrogens is 8. The molecule has 0 radical (unpaired) electrons. The first-order valence-electron chi connectivity index (χ1n) is 26.9. The van der Waals surface area contributed by atoms with Crippen LogP contribution in [-0.4, -0.2) is 144 Å². The van der Waals surface area contributed by atoms with Crippen LogP contribution < -0.4 is 24.9 Å². The average Bonchev–Trinajstić information content (AvgIpc) is 4.48. The summed E-state index contributed by atoms with van der Waals surface area (Å²) in [6.45, 7) is 14.0. The summed E-state index contributed by atoms with van der Waals surface area (Å²) in [6, 6.07) is 33.9. The smallest absolute Gasteiger partial charge is 0.317 e. The van der Waals surface area contributed by atoms with E-state index in [0.717, 1.165) is 147 Å². The number of hydrogen-bond donors (Lipinski definition) is 2. The molecular formula is C58H65BrF2N14O4. The molecule has 2 atom stereocenters. The van der Waals surface area contributed by atoms with Crippen LogP contribution in [0.25, 0.3) is 34.1 Å². The Labute approximate surface area is 466 Å². The fourth-order valence-electron chi connectivity index (χ4n) is 10.7. The number of nitrogens with zero attached hydrogens (tertiary/aromatic N) is 13. The van der Waals surface area contributed by atoms with Crippen molar-refractivity contribution >= 4 is 62.4 Å². The van der Waals surface area contributed by atoms with Gasteiger partial charge in [0.05, 0.1) is 42.4 Å². The number of carbonyl (C=O) groups excluding carboxylic acids is 1. The number of carboxylic acid groups (broad SMARTS) is 1. The fraction of sp³-hybridized carbons (Fsp3) is 0.379. The number of esters is 1. The van der Waals surface area contributed by atoms with Crippen molar-refractivity contribution in [2.45, 2.75) is 64.1 Å². The predicted molar refractivity (Wildman–Crippen MR) is 305 cm³/mol. The van der Waals surface area contributed by atoms with E-state index < -0.39 is 5.97 Å². The number of imidazole rings is 2. The second-order valence-corrected chi connectivity index (χ2v) is 21.5. The van der Waals surface area contributed by atoms with Crippen molar-refractivity contribution in [3.05, 3.63) is 144 Å². The van der Waals surface area contributed by atoms with Crippen LogP contribution in [0.4, 0.5) is 32.1 Å². The maximum absolute atomic E-state index is 13.9. The Bertz CT molecular complexity index is 3390. The second kappa shape index (κ2) is 24.6. The third-order valence-electron chi connectivity index (χ3n) is 14.3. The first-order valence-corrected chi connectivity index (χ1v) is 28.0. The zero-order valence-corrected chi connectivity index (χ0v) is 46.2. The summed E-state index contributed by atoms with van der Waals surface area (Å²) in [5.74, 6) is 2.08. The van der Waals surface area contributed by atoms with Crippen LogP contribution in [-0.2, 0) is 14.3 Å². The van der Waals surface area contributed by atoms with Crippen LogP contribution in [0.3, 0.4) is 0 Å². The number of pyridine rings is 2. The number of aliphatic carboxylic acids is 1. The number of piperazine rings is 2. The Morgan fingerprint density at radius 3 is 1.56 bits per heavy atom. The van der Waals surface area contributed by atoms with Gasteiger partial charge in [0.25, 0.3) is 0 Å². The van der Waals surface area contributed by atoms with Crippen molar-refractivity contribution in [1.82, 2.24) is 49.4 Å². The highest BCUT2D eigenvalue weighted by atomic mass is 79.9. The van der Waals surface area contributed by atoms with Gasteiger partial charge in [-0.25, -0.2) is 37.7 Å². The third kappa shape index (κ3) is 13.3. The Morgan fingerprint density at radius 1 is 0.633 bits per heavy atom. The SMILES string of the molecule is CC(C)(C)OC(=O)CBr.Fc1cccc([C@H]2CCCN2c2ccc3ncc(-c4cccc(N5CCNCC5)n4)n3n2)c1.O=C(O)CN1CCN(c2cccc(-c3cnc4ccc(N5CCC[C@@H]5c5cccc(F)c5)nn34)n2)CC1. The molecule has 18 nitrogen and oxygen atoms in total. The van der Waals surface area contributed by atoms with Crippen LogP contribution >= 0.6 is 15.9 Å². The fourth-order valence-corrected chi connectivity index (χ4v) is 10.8. The van der Waals surface area contributed by atoms with Crippen LogP contribution in [0.15, 0.2) is 122 Å². The molecule has 21 heteroatoms. The van der Waals surface area contributed by atoms with E-state index in [2.05, 4.69) is 56.9 Å². The summed E-state index contributed by atoms with van der Waals surface area (Å²) in [7, 11) is 0. The van der Waals surface area contributed by atoms with Gasteiger partial charge in [0.15, 0.2) is 11.3 Å². The Morgan fingerprint density at radius 2 is 1.11 bits per heavy atom. The molecule has 0 bridgehead atoms. The van der Waals surface area contributed by atoms with E-state index in [1.54, 1.807) is 30.5 Å². The lowest BCUT2D eigenvalue weighted by atomic mass is 10.0. The number of alkyl halides is 1. The first kappa shape index (κ1) is 54.7. The molecule has 12 rings (SSSR count). The third-order valence-corrected chi connectivity index (χ3v) is 14.7. The van der Waals surface area contributed by atoms with Crippen molar-refractivity contribution in [2.75, 3.05) is 96.9 Å². The highest BCUT2D eigenvalue weighted by Gasteiger charge is 2.30. The molecule has 10 heterocycles. The molecule has 412 valence electrons. The van der Waals surface area contributed by atoms with Crippen LogP contribution in [0.1, 0.15) is 69.7 Å². The monoisotopic (exact) mass is 1140 g/mol. The quantitative estimate of drug-likeness (QED) is 0.0926. The van der Waals surface area contributed by atoms with Crippen molar-refractivity contribution in [3.8, 4) is 22.8 Å². The van der Waals surface area contributed by atoms with Gasteiger partial charge in [-0.15, -0.1) is 10.2 Å². The van der Waals surface area contributed by atoms with Gasteiger partial charge in [-0.1, -0.05) is 52.3 Å². The van der Waals surface area contributed by atoms with Crippen molar-refractivity contribution in [3.63, 3.8) is 0 Å². The Balaban J connectivity index is 0.000000155. The molecule has 0 amide bonds. The van der Waals surface area contributed by atoms with E-state index in [-0.39, 0.29) is 47.2 Å². The van der Waals surface area contributed by atoms with Gasteiger partial charge in [0.1, 0.15) is 57.2 Å². The number of ether oxygens (including phenoxy) is 1. The standard InChI is InChI=1S/C27H28FN7O2.C25H26FN7.C6H11BrO2/c28-20-5-1-4-19(16-20)22-7-3-11-34(22)26-10-9-24-29-17-23(35(24)31-26)21-6-2-8-25(30-21)33-14-12-32(13-15-33)18-27(36)37;26-19-5-1-4-18(16-19)21-7-3-13-32(21)25-10-9-23-28-17-22(33(23)30-25)20-6-2-8-24(29-20)31-14-11-27-12-15-31;1-6(2,3)9-5(8)4-7/h1-2,4-6,8-10,16-17,22H,3,7,11-15,18H2,(H,36,37);1-2,4-6,8-10,16-17,21,27H,3,7,11-15H2;4H2,1-3H3/t22-;21-;/m11./s1. The highest BCUT2D eigenvalue weighted by molar-refractivity contribution is 9.09. The average molecular weight is 1140 g/mol. The van der Waals surface area contributed by atoms with Gasteiger partial charge in [-0.2, -0.15) is 0 Å². The summed E-state index contributed by atoms with van der Waals surface area (Å²) in [4.78, 5) is 51.4. The minimum Gasteiger partial charge on any atom is -0.480 e. The lowest BCUT2D eigenvalue weighted by Gasteiger charge is -2.34. The lowest BCUT2D eigenvalue weighted by molar-refractivity contribution is -0.151. The molecule has 0 saturated carbocycles. The lowest BCUT2D eigenvalue weighted by Crippen LogP contribution is -2.48. The number of hydrogen-bond acceptors (Lipinski definition) is 15. The van der Waals surface area contributed by atoms with Crippen molar-refractivity contribution in [1.29, 1.82) is 0 Å². The molecular weight excluding hydrogens is 1070 g/mol. The zero-order chi connectivity index (χ0) is 55.0. The Hall–Kier alpha value is -7.62.